The minimum atomic E-state index is -4.83. The standard InChI is InChI=1S/C13H12F3NO5/c14-13(15,16)22-8-3-1-2-7(6-8)17-11(18)9-4-5-10(21-9)12(19)20/h1-3,6,9-10H,4-5H2,(H,17,18)(H,19,20)/t9-,10+/m0/s1. The zero-order valence-electron chi connectivity index (χ0n) is 11.1. The first-order valence-electron chi connectivity index (χ1n) is 6.29. The summed E-state index contributed by atoms with van der Waals surface area (Å²) < 4.78 is 45.1. The summed E-state index contributed by atoms with van der Waals surface area (Å²) in [5.74, 6) is -2.25. The number of carbonyl (C=O) groups excluding carboxylic acids is 1. The highest BCUT2D eigenvalue weighted by molar-refractivity contribution is 5.94. The minimum Gasteiger partial charge on any atom is -0.479 e. The van der Waals surface area contributed by atoms with Gasteiger partial charge in [-0.25, -0.2) is 4.79 Å². The fraction of sp³-hybridized carbons (Fsp3) is 0.385. The van der Waals surface area contributed by atoms with E-state index in [0.717, 1.165) is 12.1 Å². The summed E-state index contributed by atoms with van der Waals surface area (Å²) >= 11 is 0. The van der Waals surface area contributed by atoms with Crippen molar-refractivity contribution in [1.29, 1.82) is 0 Å². The molecule has 1 aliphatic rings. The summed E-state index contributed by atoms with van der Waals surface area (Å²) in [4.78, 5) is 22.6. The van der Waals surface area contributed by atoms with Crippen molar-refractivity contribution in [2.45, 2.75) is 31.4 Å². The molecule has 22 heavy (non-hydrogen) atoms. The highest BCUT2D eigenvalue weighted by atomic mass is 19.4. The van der Waals surface area contributed by atoms with Crippen LogP contribution in [0.15, 0.2) is 24.3 Å². The molecule has 2 N–H and O–H groups in total. The molecule has 0 radical (unpaired) electrons. The number of hydrogen-bond acceptors (Lipinski definition) is 4. The quantitative estimate of drug-likeness (QED) is 0.888. The van der Waals surface area contributed by atoms with E-state index in [1.165, 1.54) is 12.1 Å². The molecule has 1 aliphatic heterocycles. The molecule has 1 fully saturated rings. The van der Waals surface area contributed by atoms with Crippen LogP contribution in [0.2, 0.25) is 0 Å². The molecular formula is C13H12F3NO5. The van der Waals surface area contributed by atoms with Crippen LogP contribution in [-0.2, 0) is 14.3 Å². The Morgan fingerprint density at radius 2 is 1.95 bits per heavy atom. The molecule has 2 rings (SSSR count). The number of halogens is 3. The van der Waals surface area contributed by atoms with E-state index in [9.17, 15) is 22.8 Å². The molecule has 0 aliphatic carbocycles. The van der Waals surface area contributed by atoms with Gasteiger partial charge in [-0.1, -0.05) is 6.07 Å². The Morgan fingerprint density at radius 1 is 1.27 bits per heavy atom. The van der Waals surface area contributed by atoms with Gasteiger partial charge in [-0.3, -0.25) is 4.79 Å². The van der Waals surface area contributed by atoms with Crippen LogP contribution in [0.25, 0.3) is 0 Å². The van der Waals surface area contributed by atoms with Gasteiger partial charge in [0.1, 0.15) is 11.9 Å². The Hall–Kier alpha value is -2.29. The number of nitrogens with one attached hydrogen (secondary N) is 1. The third-order valence-corrected chi connectivity index (χ3v) is 2.92. The molecular weight excluding hydrogens is 307 g/mol. The molecule has 2 atom stereocenters. The summed E-state index contributed by atoms with van der Waals surface area (Å²) in [6.45, 7) is 0. The molecule has 1 saturated heterocycles. The van der Waals surface area contributed by atoms with Crippen LogP contribution in [0.1, 0.15) is 12.8 Å². The lowest BCUT2D eigenvalue weighted by atomic mass is 10.2. The second-order valence-corrected chi connectivity index (χ2v) is 4.59. The predicted molar refractivity (Wildman–Crippen MR) is 67.3 cm³/mol. The van der Waals surface area contributed by atoms with Gasteiger partial charge in [0.2, 0.25) is 0 Å². The van der Waals surface area contributed by atoms with Gasteiger partial charge in [0, 0.05) is 11.8 Å². The summed E-state index contributed by atoms with van der Waals surface area (Å²) in [5, 5.41) is 11.1. The second-order valence-electron chi connectivity index (χ2n) is 4.59. The number of hydrogen-bond donors (Lipinski definition) is 2. The van der Waals surface area contributed by atoms with Crippen molar-refractivity contribution >= 4 is 17.6 Å². The molecule has 1 aromatic carbocycles. The number of alkyl halides is 3. The van der Waals surface area contributed by atoms with Gasteiger partial charge in [-0.2, -0.15) is 0 Å². The Morgan fingerprint density at radius 3 is 2.55 bits per heavy atom. The predicted octanol–water partition coefficient (Wildman–Crippen LogP) is 2.16. The van der Waals surface area contributed by atoms with Gasteiger partial charge in [0.25, 0.3) is 5.91 Å². The van der Waals surface area contributed by atoms with Crippen LogP contribution in [0, 0.1) is 0 Å². The minimum absolute atomic E-state index is 0.0918. The van der Waals surface area contributed by atoms with Gasteiger partial charge in [-0.15, -0.1) is 13.2 Å². The number of aliphatic carboxylic acids is 1. The maximum absolute atomic E-state index is 12.1. The number of benzene rings is 1. The lowest BCUT2D eigenvalue weighted by molar-refractivity contribution is -0.274. The Kier molecular flexibility index (Phi) is 4.55. The number of carboxylic acids is 1. The molecule has 0 spiro atoms. The number of ether oxygens (including phenoxy) is 2. The molecule has 9 heteroatoms. The van der Waals surface area contributed by atoms with Crippen LogP contribution in [-0.4, -0.2) is 35.6 Å². The molecule has 0 unspecified atom stereocenters. The maximum atomic E-state index is 12.1. The normalized spacial score (nSPS) is 21.4. The highest BCUT2D eigenvalue weighted by Crippen LogP contribution is 2.26. The first-order valence-corrected chi connectivity index (χ1v) is 6.29. The zero-order chi connectivity index (χ0) is 16.3. The van der Waals surface area contributed by atoms with E-state index >= 15 is 0 Å². The van der Waals surface area contributed by atoms with Crippen LogP contribution >= 0.6 is 0 Å². The molecule has 0 bridgehead atoms. The Labute approximate surface area is 122 Å². The number of carboxylic acid groups (broad SMARTS) is 1. The largest absolute Gasteiger partial charge is 0.573 e. The topological polar surface area (TPSA) is 84.9 Å². The first-order chi connectivity index (χ1) is 10.2. The summed E-state index contributed by atoms with van der Waals surface area (Å²) in [6.07, 6.45) is -6.40. The lowest BCUT2D eigenvalue weighted by Crippen LogP contribution is -2.29. The first kappa shape index (κ1) is 16.1. The van der Waals surface area contributed by atoms with Crippen molar-refractivity contribution in [3.05, 3.63) is 24.3 Å². The number of carbonyl (C=O) groups is 2. The molecule has 0 saturated carbocycles. The van der Waals surface area contributed by atoms with Gasteiger partial charge < -0.3 is 19.9 Å². The van der Waals surface area contributed by atoms with E-state index in [1.54, 1.807) is 0 Å². The zero-order valence-corrected chi connectivity index (χ0v) is 11.1. The van der Waals surface area contributed by atoms with Gasteiger partial charge in [0.15, 0.2) is 6.10 Å². The van der Waals surface area contributed by atoms with Gasteiger partial charge >= 0.3 is 12.3 Å². The summed E-state index contributed by atoms with van der Waals surface area (Å²) in [7, 11) is 0. The van der Waals surface area contributed by atoms with Crippen molar-refractivity contribution in [3.8, 4) is 5.75 Å². The highest BCUT2D eigenvalue weighted by Gasteiger charge is 2.35. The third-order valence-electron chi connectivity index (χ3n) is 2.92. The van der Waals surface area contributed by atoms with E-state index in [-0.39, 0.29) is 18.5 Å². The summed E-state index contributed by atoms with van der Waals surface area (Å²) in [5.41, 5.74) is 0.0918. The van der Waals surface area contributed by atoms with Crippen LogP contribution in [0.5, 0.6) is 5.75 Å². The molecule has 1 heterocycles. The van der Waals surface area contributed by atoms with Crippen molar-refractivity contribution in [2.24, 2.45) is 0 Å². The number of rotatable bonds is 4. The van der Waals surface area contributed by atoms with Crippen LogP contribution in [0.3, 0.4) is 0 Å². The van der Waals surface area contributed by atoms with Gasteiger partial charge in [-0.05, 0) is 25.0 Å². The molecule has 0 aromatic heterocycles. The van der Waals surface area contributed by atoms with E-state index in [0.29, 0.717) is 0 Å². The fourth-order valence-electron chi connectivity index (χ4n) is 2.01. The third kappa shape index (κ3) is 4.35. The van der Waals surface area contributed by atoms with Crippen LogP contribution < -0.4 is 10.1 Å². The van der Waals surface area contributed by atoms with Gasteiger partial charge in [0.05, 0.1) is 0 Å². The molecule has 120 valence electrons. The van der Waals surface area contributed by atoms with E-state index in [1.807, 2.05) is 0 Å². The maximum Gasteiger partial charge on any atom is 0.573 e. The van der Waals surface area contributed by atoms with E-state index in [4.69, 9.17) is 9.84 Å². The van der Waals surface area contributed by atoms with Crippen molar-refractivity contribution in [3.63, 3.8) is 0 Å². The second kappa shape index (κ2) is 6.22. The number of anilines is 1. The van der Waals surface area contributed by atoms with Crippen molar-refractivity contribution in [2.75, 3.05) is 5.32 Å². The molecule has 6 nitrogen and oxygen atoms in total. The van der Waals surface area contributed by atoms with E-state index < -0.39 is 36.2 Å². The van der Waals surface area contributed by atoms with Crippen molar-refractivity contribution < 1.29 is 37.3 Å². The van der Waals surface area contributed by atoms with E-state index in [2.05, 4.69) is 10.1 Å². The lowest BCUT2D eigenvalue weighted by Gasteiger charge is -2.13. The van der Waals surface area contributed by atoms with Crippen LogP contribution in [0.4, 0.5) is 18.9 Å². The molecule has 1 aromatic rings. The molecule has 1 amide bonds. The van der Waals surface area contributed by atoms with Crippen molar-refractivity contribution in [1.82, 2.24) is 0 Å². The smallest absolute Gasteiger partial charge is 0.479 e. The Bertz CT molecular complexity index is 575. The monoisotopic (exact) mass is 319 g/mol. The average molecular weight is 319 g/mol. The average Bonchev–Trinajstić information content (AvgIpc) is 2.86. The summed E-state index contributed by atoms with van der Waals surface area (Å²) in [6, 6.07) is 4.77. The number of amides is 1. The fourth-order valence-corrected chi connectivity index (χ4v) is 2.01. The Balaban J connectivity index is 1.97. The SMILES string of the molecule is O=C(Nc1cccc(OC(F)(F)F)c1)[C@@H]1CC[C@H](C(=O)O)O1.